The first-order chi connectivity index (χ1) is 13.0. The Bertz CT molecular complexity index is 967. The van der Waals surface area contributed by atoms with E-state index in [0.717, 1.165) is 16.7 Å². The number of nitrogens with zero attached hydrogens (tertiary/aromatic N) is 1. The lowest BCUT2D eigenvalue weighted by molar-refractivity contribution is -0.385. The predicted octanol–water partition coefficient (Wildman–Crippen LogP) is 4.73. The molecule has 0 radical (unpaired) electrons. The molecule has 5 nitrogen and oxygen atoms in total. The highest BCUT2D eigenvalue weighted by Gasteiger charge is 2.20. The fraction of sp³-hybridized carbons (Fsp3) is 0.136. The van der Waals surface area contributed by atoms with Gasteiger partial charge in [0.05, 0.1) is 11.0 Å². The topological polar surface area (TPSA) is 72.2 Å². The van der Waals surface area contributed by atoms with Crippen molar-refractivity contribution in [3.63, 3.8) is 0 Å². The minimum atomic E-state index is -0.471. The first kappa shape index (κ1) is 18.3. The highest BCUT2D eigenvalue weighted by atomic mass is 16.6. The number of rotatable bonds is 5. The molecule has 0 aliphatic carbocycles. The van der Waals surface area contributed by atoms with Crippen molar-refractivity contribution in [3.05, 3.63) is 111 Å². The van der Waals surface area contributed by atoms with E-state index < -0.39 is 4.92 Å². The maximum atomic E-state index is 12.8. The molecule has 0 saturated carbocycles. The van der Waals surface area contributed by atoms with Gasteiger partial charge in [-0.25, -0.2) is 0 Å². The first-order valence-corrected chi connectivity index (χ1v) is 8.63. The fourth-order valence-corrected chi connectivity index (χ4v) is 2.93. The molecule has 3 aromatic carbocycles. The van der Waals surface area contributed by atoms with Gasteiger partial charge in [-0.2, -0.15) is 0 Å². The van der Waals surface area contributed by atoms with Gasteiger partial charge in [-0.05, 0) is 31.0 Å². The number of hydrogen-bond donors (Lipinski definition) is 1. The Morgan fingerprint density at radius 3 is 2.19 bits per heavy atom. The molecule has 0 bridgehead atoms. The molecular formula is C22H20N2O3. The number of benzene rings is 3. The lowest BCUT2D eigenvalue weighted by Gasteiger charge is -2.20. The van der Waals surface area contributed by atoms with E-state index in [-0.39, 0.29) is 23.2 Å². The van der Waals surface area contributed by atoms with Crippen molar-refractivity contribution in [1.82, 2.24) is 5.32 Å². The molecule has 1 N–H and O–H groups in total. The molecule has 0 unspecified atom stereocenters. The standard InChI is InChI=1S/C22H20N2O3/c1-15-8-11-18(12-9-15)21(17-6-4-3-5-7-17)23-22(25)19-13-10-16(2)20(14-19)24(26)27/h3-14,21H,1-2H3,(H,23,25)/t21-/m1/s1. The summed E-state index contributed by atoms with van der Waals surface area (Å²) >= 11 is 0. The van der Waals surface area contributed by atoms with Crippen molar-refractivity contribution < 1.29 is 9.72 Å². The van der Waals surface area contributed by atoms with E-state index in [0.29, 0.717) is 5.56 Å². The van der Waals surface area contributed by atoms with Crippen molar-refractivity contribution in [2.45, 2.75) is 19.9 Å². The second-order valence-electron chi connectivity index (χ2n) is 6.49. The number of nitro benzene ring substituents is 1. The van der Waals surface area contributed by atoms with Crippen LogP contribution >= 0.6 is 0 Å². The zero-order chi connectivity index (χ0) is 19.4. The van der Waals surface area contributed by atoms with E-state index in [1.807, 2.05) is 61.5 Å². The largest absolute Gasteiger partial charge is 0.341 e. The van der Waals surface area contributed by atoms with Crippen molar-refractivity contribution in [3.8, 4) is 0 Å². The van der Waals surface area contributed by atoms with Gasteiger partial charge >= 0.3 is 0 Å². The van der Waals surface area contributed by atoms with Gasteiger partial charge in [0.1, 0.15) is 0 Å². The van der Waals surface area contributed by atoms with Crippen LogP contribution in [0.5, 0.6) is 0 Å². The molecule has 3 rings (SSSR count). The summed E-state index contributed by atoms with van der Waals surface area (Å²) in [5, 5.41) is 14.2. The van der Waals surface area contributed by atoms with Gasteiger partial charge in [0, 0.05) is 17.2 Å². The van der Waals surface area contributed by atoms with E-state index in [1.165, 1.54) is 6.07 Å². The van der Waals surface area contributed by atoms with Crippen LogP contribution < -0.4 is 5.32 Å². The highest BCUT2D eigenvalue weighted by molar-refractivity contribution is 5.95. The van der Waals surface area contributed by atoms with Gasteiger partial charge in [0.25, 0.3) is 11.6 Å². The Hall–Kier alpha value is -3.47. The number of carbonyl (C=O) groups is 1. The minimum absolute atomic E-state index is 0.0609. The van der Waals surface area contributed by atoms with Crippen LogP contribution in [0.25, 0.3) is 0 Å². The normalized spacial score (nSPS) is 11.6. The monoisotopic (exact) mass is 360 g/mol. The van der Waals surface area contributed by atoms with E-state index >= 15 is 0 Å². The molecule has 1 atom stereocenters. The molecule has 0 aliphatic heterocycles. The molecule has 0 aliphatic rings. The summed E-state index contributed by atoms with van der Waals surface area (Å²) in [6.07, 6.45) is 0. The smallest absolute Gasteiger partial charge is 0.273 e. The number of nitrogens with one attached hydrogen (secondary N) is 1. The van der Waals surface area contributed by atoms with Crippen LogP contribution in [0, 0.1) is 24.0 Å². The highest BCUT2D eigenvalue weighted by Crippen LogP contribution is 2.24. The average molecular weight is 360 g/mol. The summed E-state index contributed by atoms with van der Waals surface area (Å²) in [5.74, 6) is -0.354. The Balaban J connectivity index is 1.95. The van der Waals surface area contributed by atoms with Crippen LogP contribution in [0.4, 0.5) is 5.69 Å². The number of carbonyl (C=O) groups excluding carboxylic acids is 1. The summed E-state index contributed by atoms with van der Waals surface area (Å²) in [5.41, 5.74) is 3.74. The van der Waals surface area contributed by atoms with Gasteiger partial charge in [-0.1, -0.05) is 66.2 Å². The number of aryl methyl sites for hydroxylation is 2. The zero-order valence-corrected chi connectivity index (χ0v) is 15.2. The van der Waals surface area contributed by atoms with Crippen molar-refractivity contribution in [2.75, 3.05) is 0 Å². The third-order valence-electron chi connectivity index (χ3n) is 4.49. The van der Waals surface area contributed by atoms with Gasteiger partial charge < -0.3 is 5.32 Å². The number of amides is 1. The maximum absolute atomic E-state index is 12.8. The Morgan fingerprint density at radius 2 is 1.56 bits per heavy atom. The first-order valence-electron chi connectivity index (χ1n) is 8.63. The fourth-order valence-electron chi connectivity index (χ4n) is 2.93. The van der Waals surface area contributed by atoms with Gasteiger partial charge in [-0.3, -0.25) is 14.9 Å². The predicted molar refractivity (Wildman–Crippen MR) is 105 cm³/mol. The summed E-state index contributed by atoms with van der Waals surface area (Å²) in [7, 11) is 0. The van der Waals surface area contributed by atoms with E-state index in [1.54, 1.807) is 19.1 Å². The van der Waals surface area contributed by atoms with Gasteiger partial charge in [-0.15, -0.1) is 0 Å². The Kier molecular flexibility index (Phi) is 5.31. The average Bonchev–Trinajstić information content (AvgIpc) is 2.67. The number of hydrogen-bond acceptors (Lipinski definition) is 3. The van der Waals surface area contributed by atoms with E-state index in [4.69, 9.17) is 0 Å². The quantitative estimate of drug-likeness (QED) is 0.528. The molecule has 0 heterocycles. The molecule has 0 spiro atoms. The van der Waals surface area contributed by atoms with E-state index in [2.05, 4.69) is 5.32 Å². The lowest BCUT2D eigenvalue weighted by atomic mass is 9.97. The molecule has 3 aromatic rings. The molecule has 136 valence electrons. The molecule has 0 saturated heterocycles. The second kappa shape index (κ2) is 7.83. The molecule has 27 heavy (non-hydrogen) atoms. The van der Waals surface area contributed by atoms with E-state index in [9.17, 15) is 14.9 Å². The Labute approximate surface area is 157 Å². The molecule has 5 heteroatoms. The Morgan fingerprint density at radius 1 is 0.926 bits per heavy atom. The van der Waals surface area contributed by atoms with Crippen LogP contribution in [-0.2, 0) is 0 Å². The maximum Gasteiger partial charge on any atom is 0.273 e. The summed E-state index contributed by atoms with van der Waals surface area (Å²) in [4.78, 5) is 23.5. The second-order valence-corrected chi connectivity index (χ2v) is 6.49. The van der Waals surface area contributed by atoms with Gasteiger partial charge in [0.15, 0.2) is 0 Å². The van der Waals surface area contributed by atoms with Crippen LogP contribution in [-0.4, -0.2) is 10.8 Å². The van der Waals surface area contributed by atoms with Crippen LogP contribution in [0.15, 0.2) is 72.8 Å². The third kappa shape index (κ3) is 4.20. The lowest BCUT2D eigenvalue weighted by Crippen LogP contribution is -2.29. The molecule has 0 fully saturated rings. The van der Waals surface area contributed by atoms with Crippen LogP contribution in [0.1, 0.15) is 38.7 Å². The summed E-state index contributed by atoms with van der Waals surface area (Å²) in [6, 6.07) is 21.8. The molecular weight excluding hydrogens is 340 g/mol. The summed E-state index contributed by atoms with van der Waals surface area (Å²) < 4.78 is 0. The molecule has 1 amide bonds. The van der Waals surface area contributed by atoms with Crippen LogP contribution in [0.2, 0.25) is 0 Å². The van der Waals surface area contributed by atoms with Crippen molar-refractivity contribution in [1.29, 1.82) is 0 Å². The van der Waals surface area contributed by atoms with Gasteiger partial charge in [0.2, 0.25) is 0 Å². The minimum Gasteiger partial charge on any atom is -0.341 e. The SMILES string of the molecule is Cc1ccc([C@H](NC(=O)c2ccc(C)c([N+](=O)[O-])c2)c2ccccc2)cc1. The van der Waals surface area contributed by atoms with Crippen LogP contribution in [0.3, 0.4) is 0 Å². The zero-order valence-electron chi connectivity index (χ0n) is 15.2. The summed E-state index contributed by atoms with van der Waals surface area (Å²) in [6.45, 7) is 3.66. The number of nitro groups is 1. The molecule has 0 aromatic heterocycles. The third-order valence-corrected chi connectivity index (χ3v) is 4.49. The van der Waals surface area contributed by atoms with Crippen molar-refractivity contribution in [2.24, 2.45) is 0 Å². The van der Waals surface area contributed by atoms with Crippen molar-refractivity contribution >= 4 is 11.6 Å².